The summed E-state index contributed by atoms with van der Waals surface area (Å²) >= 11 is 12.2. The van der Waals surface area contributed by atoms with Crippen LogP contribution in [-0.4, -0.2) is 0 Å². The van der Waals surface area contributed by atoms with Crippen molar-refractivity contribution >= 4 is 34.2 Å². The van der Waals surface area contributed by atoms with Crippen molar-refractivity contribution in [2.45, 2.75) is 25.1 Å². The molecular formula is C12H12Cl2O. The molecule has 0 aliphatic rings. The van der Waals surface area contributed by atoms with Gasteiger partial charge in [-0.05, 0) is 18.6 Å². The summed E-state index contributed by atoms with van der Waals surface area (Å²) in [4.78, 5) is 0. The molecule has 0 amide bonds. The Labute approximate surface area is 99.0 Å². The molecule has 0 aliphatic carbocycles. The molecule has 15 heavy (non-hydrogen) atoms. The summed E-state index contributed by atoms with van der Waals surface area (Å²) in [5, 5.41) is 1.59. The molecule has 0 radical (unpaired) electrons. The van der Waals surface area contributed by atoms with Gasteiger partial charge in [0.15, 0.2) is 5.58 Å². The Kier molecular flexibility index (Phi) is 3.22. The number of para-hydroxylation sites is 1. The lowest BCUT2D eigenvalue weighted by Gasteiger charge is -2.02. The Morgan fingerprint density at radius 3 is 2.87 bits per heavy atom. The zero-order valence-corrected chi connectivity index (χ0v) is 9.98. The fourth-order valence-electron chi connectivity index (χ4n) is 1.60. The molecule has 0 aliphatic heterocycles. The third kappa shape index (κ3) is 2.14. The van der Waals surface area contributed by atoms with E-state index in [0.29, 0.717) is 5.02 Å². The van der Waals surface area contributed by atoms with Gasteiger partial charge in [0.25, 0.3) is 0 Å². The lowest BCUT2D eigenvalue weighted by Crippen LogP contribution is -1.85. The average Bonchev–Trinajstić information content (AvgIpc) is 2.63. The number of benzene rings is 1. The zero-order chi connectivity index (χ0) is 10.8. The minimum absolute atomic E-state index is 0.0570. The lowest BCUT2D eigenvalue weighted by molar-refractivity contribution is 0.528. The maximum atomic E-state index is 6.19. The van der Waals surface area contributed by atoms with Crippen molar-refractivity contribution in [3.05, 3.63) is 35.0 Å². The van der Waals surface area contributed by atoms with Crippen LogP contribution in [0.3, 0.4) is 0 Å². The first kappa shape index (κ1) is 10.8. The summed E-state index contributed by atoms with van der Waals surface area (Å²) in [6.45, 7) is 2.10. The van der Waals surface area contributed by atoms with Gasteiger partial charge in [0.05, 0.1) is 10.4 Å². The highest BCUT2D eigenvalue weighted by molar-refractivity contribution is 6.34. The maximum absolute atomic E-state index is 6.19. The van der Waals surface area contributed by atoms with Crippen LogP contribution in [0.4, 0.5) is 0 Å². The molecule has 0 fully saturated rings. The first-order chi connectivity index (χ1) is 7.22. The molecule has 0 bridgehead atoms. The average molecular weight is 243 g/mol. The number of rotatable bonds is 3. The van der Waals surface area contributed by atoms with E-state index in [2.05, 4.69) is 6.92 Å². The molecule has 0 N–H and O–H groups in total. The largest absolute Gasteiger partial charge is 0.458 e. The molecule has 3 heteroatoms. The van der Waals surface area contributed by atoms with Crippen LogP contribution in [0, 0.1) is 0 Å². The van der Waals surface area contributed by atoms with E-state index in [0.717, 1.165) is 29.6 Å². The van der Waals surface area contributed by atoms with Gasteiger partial charge in [-0.25, -0.2) is 0 Å². The van der Waals surface area contributed by atoms with E-state index < -0.39 is 0 Å². The van der Waals surface area contributed by atoms with Gasteiger partial charge in [0.2, 0.25) is 0 Å². The Balaban J connectivity index is 2.43. The van der Waals surface area contributed by atoms with Crippen LogP contribution in [-0.2, 0) is 0 Å². The summed E-state index contributed by atoms with van der Waals surface area (Å²) in [7, 11) is 0. The van der Waals surface area contributed by atoms with Crippen molar-refractivity contribution < 1.29 is 4.42 Å². The van der Waals surface area contributed by atoms with E-state index in [1.165, 1.54) is 0 Å². The SMILES string of the molecule is CCCC(Cl)c1cc2cccc(Cl)c2o1. The summed E-state index contributed by atoms with van der Waals surface area (Å²) in [6.07, 6.45) is 1.96. The number of fused-ring (bicyclic) bond motifs is 1. The standard InChI is InChI=1S/C12H12Cl2O/c1-2-4-9(13)11-7-8-5-3-6-10(14)12(8)15-11/h3,5-7,9H,2,4H2,1H3. The van der Waals surface area contributed by atoms with E-state index in [4.69, 9.17) is 27.6 Å². The number of hydrogen-bond donors (Lipinski definition) is 0. The van der Waals surface area contributed by atoms with Gasteiger partial charge in [0, 0.05) is 5.39 Å². The molecule has 2 rings (SSSR count). The Morgan fingerprint density at radius 1 is 1.40 bits per heavy atom. The van der Waals surface area contributed by atoms with E-state index in [9.17, 15) is 0 Å². The molecule has 1 aromatic carbocycles. The minimum Gasteiger partial charge on any atom is -0.458 e. The van der Waals surface area contributed by atoms with Crippen LogP contribution in [0.5, 0.6) is 0 Å². The van der Waals surface area contributed by atoms with Gasteiger partial charge in [0.1, 0.15) is 5.76 Å². The Bertz CT molecular complexity index is 462. The van der Waals surface area contributed by atoms with Crippen molar-refractivity contribution in [1.29, 1.82) is 0 Å². The molecule has 1 aromatic heterocycles. The van der Waals surface area contributed by atoms with E-state index >= 15 is 0 Å². The second kappa shape index (κ2) is 4.46. The van der Waals surface area contributed by atoms with Gasteiger partial charge in [-0.15, -0.1) is 11.6 Å². The molecule has 1 nitrogen and oxygen atoms in total. The van der Waals surface area contributed by atoms with Crippen molar-refractivity contribution in [3.8, 4) is 0 Å². The van der Waals surface area contributed by atoms with E-state index in [1.54, 1.807) is 0 Å². The summed E-state index contributed by atoms with van der Waals surface area (Å²) in [5.41, 5.74) is 0.732. The number of alkyl halides is 1. The van der Waals surface area contributed by atoms with E-state index in [1.807, 2.05) is 24.3 Å². The van der Waals surface area contributed by atoms with Crippen LogP contribution >= 0.6 is 23.2 Å². The van der Waals surface area contributed by atoms with Crippen molar-refractivity contribution in [3.63, 3.8) is 0 Å². The molecule has 80 valence electrons. The van der Waals surface area contributed by atoms with Crippen molar-refractivity contribution in [2.75, 3.05) is 0 Å². The lowest BCUT2D eigenvalue weighted by atomic mass is 10.2. The second-order valence-electron chi connectivity index (χ2n) is 3.56. The molecule has 0 spiro atoms. The molecular weight excluding hydrogens is 231 g/mol. The van der Waals surface area contributed by atoms with Gasteiger partial charge >= 0.3 is 0 Å². The van der Waals surface area contributed by atoms with Gasteiger partial charge in [-0.1, -0.05) is 37.1 Å². The van der Waals surface area contributed by atoms with Crippen molar-refractivity contribution in [2.24, 2.45) is 0 Å². The number of hydrogen-bond acceptors (Lipinski definition) is 1. The summed E-state index contributed by atoms with van der Waals surface area (Å²) < 4.78 is 5.65. The molecule has 1 heterocycles. The smallest absolute Gasteiger partial charge is 0.152 e. The van der Waals surface area contributed by atoms with Gasteiger partial charge in [-0.2, -0.15) is 0 Å². The monoisotopic (exact) mass is 242 g/mol. The molecule has 1 unspecified atom stereocenters. The highest BCUT2D eigenvalue weighted by Gasteiger charge is 2.13. The van der Waals surface area contributed by atoms with Crippen LogP contribution in [0.15, 0.2) is 28.7 Å². The zero-order valence-electron chi connectivity index (χ0n) is 8.47. The van der Waals surface area contributed by atoms with Crippen LogP contribution in [0.2, 0.25) is 5.02 Å². The third-order valence-corrected chi connectivity index (χ3v) is 3.10. The predicted octanol–water partition coefficient (Wildman–Crippen LogP) is 5.17. The van der Waals surface area contributed by atoms with Crippen LogP contribution in [0.1, 0.15) is 30.9 Å². The Hall–Kier alpha value is -0.660. The maximum Gasteiger partial charge on any atom is 0.152 e. The van der Waals surface area contributed by atoms with Gasteiger partial charge in [-0.3, -0.25) is 0 Å². The molecule has 1 atom stereocenters. The molecule has 0 saturated heterocycles. The highest BCUT2D eigenvalue weighted by atomic mass is 35.5. The normalized spacial score (nSPS) is 13.3. The summed E-state index contributed by atoms with van der Waals surface area (Å²) in [5.74, 6) is 0.807. The number of halogens is 2. The highest BCUT2D eigenvalue weighted by Crippen LogP contribution is 2.33. The molecule has 0 saturated carbocycles. The quantitative estimate of drug-likeness (QED) is 0.678. The fraction of sp³-hybridized carbons (Fsp3) is 0.333. The topological polar surface area (TPSA) is 13.1 Å². The first-order valence-electron chi connectivity index (χ1n) is 5.04. The predicted molar refractivity (Wildman–Crippen MR) is 64.7 cm³/mol. The third-order valence-electron chi connectivity index (χ3n) is 2.37. The van der Waals surface area contributed by atoms with Crippen molar-refractivity contribution in [1.82, 2.24) is 0 Å². The molecule has 2 aromatic rings. The van der Waals surface area contributed by atoms with Crippen LogP contribution < -0.4 is 0 Å². The summed E-state index contributed by atoms with van der Waals surface area (Å²) in [6, 6.07) is 7.67. The fourth-order valence-corrected chi connectivity index (χ4v) is 2.14. The van der Waals surface area contributed by atoms with Gasteiger partial charge < -0.3 is 4.42 Å². The van der Waals surface area contributed by atoms with Crippen LogP contribution in [0.25, 0.3) is 11.0 Å². The number of furan rings is 1. The first-order valence-corrected chi connectivity index (χ1v) is 5.86. The second-order valence-corrected chi connectivity index (χ2v) is 4.50. The Morgan fingerprint density at radius 2 is 2.20 bits per heavy atom. The minimum atomic E-state index is -0.0570. The van der Waals surface area contributed by atoms with E-state index in [-0.39, 0.29) is 5.38 Å².